The number of nitrogens with zero attached hydrogens (tertiary/aromatic N) is 5. The lowest BCUT2D eigenvalue weighted by atomic mass is 10.1. The van der Waals surface area contributed by atoms with Crippen LogP contribution >= 0.6 is 11.6 Å². The molecule has 0 aliphatic carbocycles. The summed E-state index contributed by atoms with van der Waals surface area (Å²) in [5.74, 6) is 1.47. The number of hydrogen-bond donors (Lipinski definition) is 2. The second-order valence-corrected chi connectivity index (χ2v) is 9.60. The lowest BCUT2D eigenvalue weighted by Gasteiger charge is -2.39. The molecule has 1 aliphatic heterocycles. The van der Waals surface area contributed by atoms with Crippen LogP contribution in [0, 0.1) is 0 Å². The molecule has 1 aliphatic rings. The summed E-state index contributed by atoms with van der Waals surface area (Å²) in [5.41, 5.74) is 2.26. The summed E-state index contributed by atoms with van der Waals surface area (Å²) in [7, 11) is 2.00. The van der Waals surface area contributed by atoms with Crippen molar-refractivity contribution in [3.63, 3.8) is 0 Å². The van der Waals surface area contributed by atoms with Gasteiger partial charge in [-0.25, -0.2) is 9.97 Å². The van der Waals surface area contributed by atoms with E-state index in [-0.39, 0.29) is 11.9 Å². The van der Waals surface area contributed by atoms with E-state index in [9.17, 15) is 9.90 Å². The molecule has 2 N–H and O–H groups in total. The zero-order valence-corrected chi connectivity index (χ0v) is 22.2. The smallest absolute Gasteiger partial charge is 0.248 e. The van der Waals surface area contributed by atoms with Gasteiger partial charge in [-0.15, -0.1) is 0 Å². The van der Waals surface area contributed by atoms with Crippen molar-refractivity contribution >= 4 is 39.9 Å². The van der Waals surface area contributed by atoms with Gasteiger partial charge in [-0.1, -0.05) is 23.7 Å². The normalized spacial score (nSPS) is 15.8. The molecule has 202 valence electrons. The molecule has 0 unspecified atom stereocenters. The van der Waals surface area contributed by atoms with Gasteiger partial charge in [-0.2, -0.15) is 0 Å². The van der Waals surface area contributed by atoms with Gasteiger partial charge < -0.3 is 24.8 Å². The predicted molar refractivity (Wildman–Crippen MR) is 148 cm³/mol. The maximum atomic E-state index is 12.0. The number of aromatic nitrogens is 3. The number of pyridine rings is 1. The zero-order chi connectivity index (χ0) is 27.2. The maximum absolute atomic E-state index is 12.0. The molecule has 1 fully saturated rings. The third-order valence-corrected chi connectivity index (χ3v) is 6.91. The Morgan fingerprint density at radius 2 is 1.97 bits per heavy atom. The molecule has 0 bridgehead atoms. The number of carbonyl (C=O) groups is 1. The number of carbonyl (C=O) groups excluding carboxylic acids is 1. The number of benzene rings is 2. The van der Waals surface area contributed by atoms with Gasteiger partial charge in [0, 0.05) is 31.5 Å². The Morgan fingerprint density at radius 3 is 2.77 bits per heavy atom. The van der Waals surface area contributed by atoms with Crippen LogP contribution in [-0.2, 0) is 11.4 Å². The molecule has 11 heteroatoms. The fraction of sp³-hybridized carbons (Fsp3) is 0.286. The summed E-state index contributed by atoms with van der Waals surface area (Å²) in [6.45, 7) is 1.94. The van der Waals surface area contributed by atoms with Crippen molar-refractivity contribution < 1.29 is 19.4 Å². The van der Waals surface area contributed by atoms with Crippen molar-refractivity contribution in [3.8, 4) is 11.5 Å². The van der Waals surface area contributed by atoms with Gasteiger partial charge in [0.05, 0.1) is 27.7 Å². The molecule has 1 atom stereocenters. The number of rotatable bonds is 9. The minimum Gasteiger partial charge on any atom is -0.491 e. The molecule has 39 heavy (non-hydrogen) atoms. The second-order valence-electron chi connectivity index (χ2n) is 9.20. The summed E-state index contributed by atoms with van der Waals surface area (Å²) in [6, 6.07) is 16.7. The first kappa shape index (κ1) is 26.6. The van der Waals surface area contributed by atoms with E-state index in [2.05, 4.69) is 25.2 Å². The molecule has 0 saturated carbocycles. The topological polar surface area (TPSA) is 113 Å². The fourth-order valence-electron chi connectivity index (χ4n) is 4.40. The number of hydrogen-bond acceptors (Lipinski definition) is 9. The van der Waals surface area contributed by atoms with Crippen molar-refractivity contribution in [3.05, 3.63) is 77.8 Å². The van der Waals surface area contributed by atoms with E-state index in [4.69, 9.17) is 21.1 Å². The first-order valence-corrected chi connectivity index (χ1v) is 12.9. The third kappa shape index (κ3) is 6.36. The van der Waals surface area contributed by atoms with E-state index in [1.54, 1.807) is 23.2 Å². The van der Waals surface area contributed by atoms with Crippen molar-refractivity contribution in [2.45, 2.75) is 12.6 Å². The fourth-order valence-corrected chi connectivity index (χ4v) is 4.63. The number of aliphatic hydroxyl groups excluding tert-OH is 1. The Bertz CT molecular complexity index is 1440. The van der Waals surface area contributed by atoms with Crippen LogP contribution in [0.4, 0.5) is 11.5 Å². The van der Waals surface area contributed by atoms with Gasteiger partial charge >= 0.3 is 0 Å². The van der Waals surface area contributed by atoms with Crippen LogP contribution in [0.3, 0.4) is 0 Å². The Balaban J connectivity index is 1.32. The zero-order valence-electron chi connectivity index (χ0n) is 21.5. The molecule has 1 amide bonds. The minimum atomic E-state index is -0.492. The number of amides is 1. The Labute approximate surface area is 231 Å². The molecule has 4 aromatic rings. The highest BCUT2D eigenvalue weighted by atomic mass is 35.5. The number of anilines is 2. The van der Waals surface area contributed by atoms with Crippen LogP contribution < -0.4 is 14.8 Å². The SMILES string of the molecule is CN1CCN(C(=O)CO)C[C@@H]1COc1cccc2ncnc(Nc3ccc(OCc4ccccn4)c(Cl)c3)c12. The van der Waals surface area contributed by atoms with E-state index in [1.165, 1.54) is 6.33 Å². The predicted octanol–water partition coefficient (Wildman–Crippen LogP) is 3.51. The number of likely N-dealkylation sites (N-methyl/N-ethyl adjacent to an activating group) is 1. The van der Waals surface area contributed by atoms with Crippen molar-refractivity contribution in [1.29, 1.82) is 0 Å². The molecule has 2 aromatic carbocycles. The van der Waals surface area contributed by atoms with E-state index in [1.807, 2.05) is 49.5 Å². The molecular weight excluding hydrogens is 520 g/mol. The second kappa shape index (κ2) is 12.2. The average Bonchev–Trinajstić information content (AvgIpc) is 2.96. The molecule has 0 spiro atoms. The van der Waals surface area contributed by atoms with Crippen LogP contribution in [0.15, 0.2) is 67.1 Å². The molecule has 0 radical (unpaired) electrons. The Hall–Kier alpha value is -3.99. The van der Waals surface area contributed by atoms with Crippen LogP contribution in [0.25, 0.3) is 10.9 Å². The van der Waals surface area contributed by atoms with Crippen molar-refractivity contribution in [2.75, 3.05) is 45.2 Å². The van der Waals surface area contributed by atoms with Crippen LogP contribution in [0.5, 0.6) is 11.5 Å². The molecule has 10 nitrogen and oxygen atoms in total. The minimum absolute atomic E-state index is 0.0250. The quantitative estimate of drug-likeness (QED) is 0.324. The highest BCUT2D eigenvalue weighted by molar-refractivity contribution is 6.32. The van der Waals surface area contributed by atoms with E-state index >= 15 is 0 Å². The highest BCUT2D eigenvalue weighted by Gasteiger charge is 2.27. The molecule has 2 aromatic heterocycles. The van der Waals surface area contributed by atoms with E-state index in [0.717, 1.165) is 22.3 Å². The van der Waals surface area contributed by atoms with Gasteiger partial charge in [0.15, 0.2) is 0 Å². The summed E-state index contributed by atoms with van der Waals surface area (Å²) in [6.07, 6.45) is 3.21. The lowest BCUT2D eigenvalue weighted by molar-refractivity contribution is -0.137. The van der Waals surface area contributed by atoms with Gasteiger partial charge in [0.25, 0.3) is 0 Å². The highest BCUT2D eigenvalue weighted by Crippen LogP contribution is 2.34. The Morgan fingerprint density at radius 1 is 1.08 bits per heavy atom. The van der Waals surface area contributed by atoms with Crippen molar-refractivity contribution in [2.24, 2.45) is 0 Å². The number of ether oxygens (including phenoxy) is 2. The van der Waals surface area contributed by atoms with Crippen LogP contribution in [0.1, 0.15) is 5.69 Å². The number of aliphatic hydroxyl groups is 1. The summed E-state index contributed by atoms with van der Waals surface area (Å²) in [5, 5.41) is 13.8. The summed E-state index contributed by atoms with van der Waals surface area (Å²) >= 11 is 6.51. The van der Waals surface area contributed by atoms with E-state index < -0.39 is 6.61 Å². The van der Waals surface area contributed by atoms with Gasteiger partial charge in [-0.05, 0) is 49.5 Å². The molecule has 1 saturated heterocycles. The number of halogens is 1. The average molecular weight is 549 g/mol. The first-order valence-electron chi connectivity index (χ1n) is 12.6. The number of nitrogens with one attached hydrogen (secondary N) is 1. The van der Waals surface area contributed by atoms with Gasteiger partial charge in [-0.3, -0.25) is 14.7 Å². The monoisotopic (exact) mass is 548 g/mol. The largest absolute Gasteiger partial charge is 0.491 e. The molecule has 5 rings (SSSR count). The Kier molecular flexibility index (Phi) is 8.36. The van der Waals surface area contributed by atoms with Crippen LogP contribution in [-0.4, -0.2) is 81.7 Å². The van der Waals surface area contributed by atoms with Crippen molar-refractivity contribution in [1.82, 2.24) is 24.8 Å². The molecule has 3 heterocycles. The van der Waals surface area contributed by atoms with E-state index in [0.29, 0.717) is 55.2 Å². The lowest BCUT2D eigenvalue weighted by Crippen LogP contribution is -2.55. The summed E-state index contributed by atoms with van der Waals surface area (Å²) in [4.78, 5) is 29.0. The third-order valence-electron chi connectivity index (χ3n) is 6.62. The van der Waals surface area contributed by atoms with Gasteiger partial charge in [0.1, 0.15) is 43.5 Å². The van der Waals surface area contributed by atoms with Gasteiger partial charge in [0.2, 0.25) is 5.91 Å². The number of fused-ring (bicyclic) bond motifs is 1. The number of piperazine rings is 1. The molecular formula is C28H29ClN6O4. The standard InChI is InChI=1S/C28H29ClN6O4/c1-34-11-12-35(26(37)15-36)14-21(34)17-39-25-7-4-6-23-27(25)28(32-18-31-23)33-19-8-9-24(22(29)13-19)38-16-20-5-2-3-10-30-20/h2-10,13,18,21,36H,11-12,14-17H2,1H3,(H,31,32,33)/t21-/m1/s1. The maximum Gasteiger partial charge on any atom is 0.248 e. The first-order chi connectivity index (χ1) is 19.0. The summed E-state index contributed by atoms with van der Waals surface area (Å²) < 4.78 is 12.1. The van der Waals surface area contributed by atoms with Crippen LogP contribution in [0.2, 0.25) is 5.02 Å².